The number of hydrogen-bond acceptors (Lipinski definition) is 4. The van der Waals surface area contributed by atoms with Gasteiger partial charge in [0.15, 0.2) is 0 Å². The van der Waals surface area contributed by atoms with Gasteiger partial charge in [0.1, 0.15) is 11.7 Å². The summed E-state index contributed by atoms with van der Waals surface area (Å²) in [6.45, 7) is 3.80. The van der Waals surface area contributed by atoms with Crippen LogP contribution in [0.4, 0.5) is 5.69 Å². The quantitative estimate of drug-likeness (QED) is 0.535. The van der Waals surface area contributed by atoms with Gasteiger partial charge in [-0.05, 0) is 31.5 Å². The molecule has 0 aliphatic carbocycles. The predicted molar refractivity (Wildman–Crippen MR) is 81.9 cm³/mol. The van der Waals surface area contributed by atoms with Crippen molar-refractivity contribution in [3.8, 4) is 11.8 Å². The number of fused-ring (bicyclic) bond motifs is 1. The van der Waals surface area contributed by atoms with Crippen molar-refractivity contribution in [2.45, 2.75) is 13.8 Å². The van der Waals surface area contributed by atoms with E-state index in [4.69, 9.17) is 0 Å². The topological polar surface area (TPSA) is 84.8 Å². The molecular weight excluding hydrogens is 280 g/mol. The highest BCUT2D eigenvalue weighted by atomic mass is 16.6. The highest BCUT2D eigenvalue weighted by Gasteiger charge is 2.15. The molecule has 6 nitrogen and oxygen atoms in total. The summed E-state index contributed by atoms with van der Waals surface area (Å²) in [5.41, 5.74) is 3.55. The third-order valence-corrected chi connectivity index (χ3v) is 3.52. The molecule has 0 bridgehead atoms. The molecule has 3 aromatic rings. The van der Waals surface area contributed by atoms with E-state index in [1.54, 1.807) is 22.9 Å². The zero-order valence-electron chi connectivity index (χ0n) is 12.1. The Balaban J connectivity index is 2.35. The zero-order valence-corrected chi connectivity index (χ0v) is 12.1. The molecule has 0 spiro atoms. The van der Waals surface area contributed by atoms with Gasteiger partial charge in [0, 0.05) is 29.4 Å². The highest BCUT2D eigenvalue weighted by molar-refractivity contribution is 5.88. The van der Waals surface area contributed by atoms with Crippen molar-refractivity contribution < 1.29 is 4.92 Å². The number of nitro groups is 1. The van der Waals surface area contributed by atoms with Gasteiger partial charge in [0.2, 0.25) is 0 Å². The van der Waals surface area contributed by atoms with E-state index in [1.807, 2.05) is 19.9 Å². The fraction of sp³-hybridized carbons (Fsp3) is 0.125. The third-order valence-electron chi connectivity index (χ3n) is 3.52. The number of aryl methyl sites for hydroxylation is 2. The second kappa shape index (κ2) is 4.97. The molecule has 3 rings (SSSR count). The lowest BCUT2D eigenvalue weighted by Crippen LogP contribution is -1.97. The van der Waals surface area contributed by atoms with E-state index >= 15 is 0 Å². The van der Waals surface area contributed by atoms with Crippen molar-refractivity contribution in [2.75, 3.05) is 0 Å². The van der Waals surface area contributed by atoms with Crippen LogP contribution in [0.15, 0.2) is 36.5 Å². The van der Waals surface area contributed by atoms with Crippen LogP contribution in [0.1, 0.15) is 16.8 Å². The molecule has 0 fully saturated rings. The fourth-order valence-corrected chi connectivity index (χ4v) is 2.62. The SMILES string of the molecule is Cc1cc(C)c2c(C#N)cn(-c3cccc([N+](=O)[O-])c3)c2n1. The maximum absolute atomic E-state index is 10.9. The van der Waals surface area contributed by atoms with Crippen LogP contribution in [-0.4, -0.2) is 14.5 Å². The Morgan fingerprint density at radius 1 is 1.32 bits per heavy atom. The van der Waals surface area contributed by atoms with Gasteiger partial charge < -0.3 is 0 Å². The summed E-state index contributed by atoms with van der Waals surface area (Å²) in [5, 5.41) is 21.1. The van der Waals surface area contributed by atoms with Crippen molar-refractivity contribution >= 4 is 16.7 Å². The second-order valence-corrected chi connectivity index (χ2v) is 5.08. The number of benzene rings is 1. The molecule has 108 valence electrons. The molecule has 0 aliphatic rings. The molecule has 6 heteroatoms. The first-order valence-electron chi connectivity index (χ1n) is 6.65. The second-order valence-electron chi connectivity index (χ2n) is 5.08. The van der Waals surface area contributed by atoms with Gasteiger partial charge in [-0.1, -0.05) is 6.07 Å². The van der Waals surface area contributed by atoms with Gasteiger partial charge in [-0.15, -0.1) is 0 Å². The van der Waals surface area contributed by atoms with E-state index in [0.717, 1.165) is 16.6 Å². The van der Waals surface area contributed by atoms with E-state index in [-0.39, 0.29) is 5.69 Å². The monoisotopic (exact) mass is 292 g/mol. The molecule has 2 heterocycles. The van der Waals surface area contributed by atoms with Crippen LogP contribution in [0.25, 0.3) is 16.7 Å². The van der Waals surface area contributed by atoms with E-state index in [9.17, 15) is 15.4 Å². The Bertz CT molecular complexity index is 951. The van der Waals surface area contributed by atoms with Crippen LogP contribution >= 0.6 is 0 Å². The average Bonchev–Trinajstić information content (AvgIpc) is 2.86. The zero-order chi connectivity index (χ0) is 15.9. The number of nitrogens with zero attached hydrogens (tertiary/aromatic N) is 4. The first-order valence-corrected chi connectivity index (χ1v) is 6.65. The standard InChI is InChI=1S/C16H12N4O2/c1-10-6-11(2)18-16-15(10)12(8-17)9-19(16)13-4-3-5-14(7-13)20(21)22/h3-7,9H,1-2H3. The van der Waals surface area contributed by atoms with Crippen LogP contribution in [-0.2, 0) is 0 Å². The molecule has 22 heavy (non-hydrogen) atoms. The summed E-state index contributed by atoms with van der Waals surface area (Å²) in [7, 11) is 0. The molecule has 0 aliphatic heterocycles. The van der Waals surface area contributed by atoms with Crippen LogP contribution in [0.5, 0.6) is 0 Å². The lowest BCUT2D eigenvalue weighted by atomic mass is 10.1. The van der Waals surface area contributed by atoms with E-state index in [2.05, 4.69) is 11.1 Å². The first kappa shape index (κ1) is 13.8. The fourth-order valence-electron chi connectivity index (χ4n) is 2.62. The van der Waals surface area contributed by atoms with Gasteiger partial charge in [-0.25, -0.2) is 4.98 Å². The molecule has 0 unspecified atom stereocenters. The molecule has 0 saturated heterocycles. The van der Waals surface area contributed by atoms with Gasteiger partial charge in [0.05, 0.1) is 16.2 Å². The first-order chi connectivity index (χ1) is 10.5. The Labute approximate surface area is 126 Å². The minimum atomic E-state index is -0.440. The van der Waals surface area contributed by atoms with Gasteiger partial charge in [-0.2, -0.15) is 5.26 Å². The summed E-state index contributed by atoms with van der Waals surface area (Å²) >= 11 is 0. The molecular formula is C16H12N4O2. The number of nitriles is 1. The Kier molecular flexibility index (Phi) is 3.11. The summed E-state index contributed by atoms with van der Waals surface area (Å²) in [6.07, 6.45) is 1.67. The van der Waals surface area contributed by atoms with Gasteiger partial charge in [-0.3, -0.25) is 14.7 Å². The maximum Gasteiger partial charge on any atom is 0.271 e. The molecule has 0 N–H and O–H groups in total. The molecule has 2 aromatic heterocycles. The Morgan fingerprint density at radius 2 is 2.09 bits per heavy atom. The van der Waals surface area contributed by atoms with E-state index in [0.29, 0.717) is 16.9 Å². The number of non-ortho nitro benzene ring substituents is 1. The van der Waals surface area contributed by atoms with E-state index < -0.39 is 4.92 Å². The Morgan fingerprint density at radius 3 is 2.77 bits per heavy atom. The van der Waals surface area contributed by atoms with Gasteiger partial charge in [0.25, 0.3) is 5.69 Å². The number of pyridine rings is 1. The van der Waals surface area contributed by atoms with Crippen LogP contribution < -0.4 is 0 Å². The number of aromatic nitrogens is 2. The predicted octanol–water partition coefficient (Wildman–Crippen LogP) is 3.42. The third kappa shape index (κ3) is 2.09. The summed E-state index contributed by atoms with van der Waals surface area (Å²) in [4.78, 5) is 15.0. The lowest BCUT2D eigenvalue weighted by Gasteiger charge is -2.06. The van der Waals surface area contributed by atoms with Crippen molar-refractivity contribution in [1.29, 1.82) is 5.26 Å². The smallest absolute Gasteiger partial charge is 0.271 e. The van der Waals surface area contributed by atoms with Crippen molar-refractivity contribution in [3.63, 3.8) is 0 Å². The lowest BCUT2D eigenvalue weighted by molar-refractivity contribution is -0.384. The van der Waals surface area contributed by atoms with Crippen molar-refractivity contribution in [1.82, 2.24) is 9.55 Å². The molecule has 0 atom stereocenters. The molecule has 0 radical (unpaired) electrons. The average molecular weight is 292 g/mol. The Hall–Kier alpha value is -3.20. The minimum Gasteiger partial charge on any atom is -0.300 e. The summed E-state index contributed by atoms with van der Waals surface area (Å²) in [5.74, 6) is 0. The summed E-state index contributed by atoms with van der Waals surface area (Å²) < 4.78 is 1.72. The number of nitro benzene ring substituents is 1. The van der Waals surface area contributed by atoms with Crippen LogP contribution in [0.2, 0.25) is 0 Å². The minimum absolute atomic E-state index is 0.00207. The van der Waals surface area contributed by atoms with Crippen molar-refractivity contribution in [3.05, 3.63) is 63.5 Å². The molecule has 0 amide bonds. The molecule has 1 aromatic carbocycles. The number of rotatable bonds is 2. The number of hydrogen-bond donors (Lipinski definition) is 0. The van der Waals surface area contributed by atoms with Gasteiger partial charge >= 0.3 is 0 Å². The maximum atomic E-state index is 10.9. The molecule has 0 saturated carbocycles. The largest absolute Gasteiger partial charge is 0.300 e. The normalized spacial score (nSPS) is 10.6. The van der Waals surface area contributed by atoms with Crippen molar-refractivity contribution in [2.24, 2.45) is 0 Å². The van der Waals surface area contributed by atoms with E-state index in [1.165, 1.54) is 12.1 Å². The van der Waals surface area contributed by atoms with Crippen LogP contribution in [0, 0.1) is 35.3 Å². The van der Waals surface area contributed by atoms with Crippen LogP contribution in [0.3, 0.4) is 0 Å². The highest BCUT2D eigenvalue weighted by Crippen LogP contribution is 2.27. The summed E-state index contributed by atoms with van der Waals surface area (Å²) in [6, 6.07) is 10.4.